The molecule has 2 N–H and O–H groups in total. The highest BCUT2D eigenvalue weighted by Crippen LogP contribution is 2.52. The van der Waals surface area contributed by atoms with E-state index >= 15 is 0 Å². The zero-order chi connectivity index (χ0) is 19.5. The van der Waals surface area contributed by atoms with E-state index in [0.29, 0.717) is 0 Å². The molecule has 0 atom stereocenters. The minimum absolute atomic E-state index is 0.00333. The van der Waals surface area contributed by atoms with E-state index in [-0.39, 0.29) is 11.5 Å². The fourth-order valence-corrected chi connectivity index (χ4v) is 5.98. The first-order chi connectivity index (χ1) is 13.4. The highest BCUT2D eigenvalue weighted by Gasteiger charge is 2.55. The molecule has 2 aromatic heterocycles. The van der Waals surface area contributed by atoms with Crippen molar-refractivity contribution in [1.29, 1.82) is 0 Å². The lowest BCUT2D eigenvalue weighted by atomic mass is 9.60. The Labute approximate surface area is 168 Å². The van der Waals surface area contributed by atoms with E-state index in [1.165, 1.54) is 9.87 Å². The number of hydrogen-bond acceptors (Lipinski definition) is 6. The number of hydrogen-bond donors (Lipinski definition) is 1. The van der Waals surface area contributed by atoms with Crippen molar-refractivity contribution in [1.82, 2.24) is 14.3 Å². The van der Waals surface area contributed by atoms with Gasteiger partial charge in [0.15, 0.2) is 0 Å². The van der Waals surface area contributed by atoms with Gasteiger partial charge in [-0.3, -0.25) is 0 Å². The lowest BCUT2D eigenvalue weighted by Gasteiger charge is -2.60. The number of anilines is 1. The Hall–Kier alpha value is -2.07. The van der Waals surface area contributed by atoms with Gasteiger partial charge >= 0.3 is 0 Å². The van der Waals surface area contributed by atoms with Gasteiger partial charge in [-0.15, -0.1) is 11.3 Å². The summed E-state index contributed by atoms with van der Waals surface area (Å²) in [6, 6.07) is 10.3. The van der Waals surface area contributed by atoms with Crippen molar-refractivity contribution in [2.24, 2.45) is 10.6 Å². The van der Waals surface area contributed by atoms with E-state index in [2.05, 4.69) is 32.4 Å². The van der Waals surface area contributed by atoms with Gasteiger partial charge in [0, 0.05) is 42.5 Å². The summed E-state index contributed by atoms with van der Waals surface area (Å²) in [5, 5.41) is 8.50. The molecule has 7 nitrogen and oxygen atoms in total. The first-order valence-electron chi connectivity index (χ1n) is 9.15. The maximum atomic E-state index is 11.5. The molecule has 0 radical (unpaired) electrons. The third kappa shape index (κ3) is 2.81. The maximum Gasteiger partial charge on any atom is 0.276 e. The highest BCUT2D eigenvalue weighted by molar-refractivity contribution is 7.86. The summed E-state index contributed by atoms with van der Waals surface area (Å²) in [5.41, 5.74) is 2.50. The molecule has 1 spiro atoms. The third-order valence-corrected chi connectivity index (χ3v) is 8.03. The van der Waals surface area contributed by atoms with Crippen LogP contribution in [0.1, 0.15) is 12.8 Å². The lowest BCUT2D eigenvalue weighted by Crippen LogP contribution is -2.67. The number of nitrogens with zero attached hydrogens (tertiary/aromatic N) is 4. The van der Waals surface area contributed by atoms with E-state index in [1.807, 2.05) is 18.2 Å². The summed E-state index contributed by atoms with van der Waals surface area (Å²) < 4.78 is 24.4. The van der Waals surface area contributed by atoms with Crippen molar-refractivity contribution < 1.29 is 8.42 Å². The zero-order valence-corrected chi connectivity index (χ0v) is 17.1. The summed E-state index contributed by atoms with van der Waals surface area (Å²) in [7, 11) is -2.06. The van der Waals surface area contributed by atoms with Gasteiger partial charge in [-0.05, 0) is 18.4 Å². The molecule has 1 aliphatic carbocycles. The van der Waals surface area contributed by atoms with Crippen LogP contribution in [0.2, 0.25) is 0 Å². The predicted octanol–water partition coefficient (Wildman–Crippen LogP) is 2.46. The summed E-state index contributed by atoms with van der Waals surface area (Å²) >= 11 is 1.64. The summed E-state index contributed by atoms with van der Waals surface area (Å²) in [6.45, 7) is 1.77. The number of fused-ring (bicyclic) bond motifs is 1. The first-order valence-corrected chi connectivity index (χ1v) is 11.5. The first kappa shape index (κ1) is 18.0. The van der Waals surface area contributed by atoms with Crippen LogP contribution >= 0.6 is 11.3 Å². The predicted molar refractivity (Wildman–Crippen MR) is 111 cm³/mol. The van der Waals surface area contributed by atoms with Gasteiger partial charge in [-0.25, -0.2) is 15.1 Å². The molecular weight excluding hydrogens is 394 g/mol. The number of nitrogens with two attached hydrogens (primary N) is 1. The molecule has 2 fully saturated rings. The zero-order valence-electron chi connectivity index (χ0n) is 15.4. The normalized spacial score (nSPS) is 19.2. The summed E-state index contributed by atoms with van der Waals surface area (Å²) in [4.78, 5) is 12.3. The number of aromatic nitrogens is 2. The van der Waals surface area contributed by atoms with Crippen molar-refractivity contribution in [2.45, 2.75) is 18.9 Å². The molecule has 3 heterocycles. The standard InChI is InChI=1S/C19H21N5O2S2/c1-23(28(20,25)26)14-7-19(8-14)10-24(11-19)17-16-15(13-5-3-2-4-6-13)9-27-18(16)22-12-21-17/h2-6,9,12,14H,7-8,10-11H2,1H3,(H2,20,25,26). The lowest BCUT2D eigenvalue weighted by molar-refractivity contribution is 0.0207. The number of rotatable bonds is 4. The second-order valence-corrected chi connectivity index (χ2v) is 10.3. The Morgan fingerprint density at radius 3 is 2.61 bits per heavy atom. The Morgan fingerprint density at radius 1 is 1.21 bits per heavy atom. The van der Waals surface area contributed by atoms with Crippen molar-refractivity contribution >= 4 is 37.6 Å². The molecule has 0 unspecified atom stereocenters. The molecule has 1 saturated carbocycles. The van der Waals surface area contributed by atoms with Crippen molar-refractivity contribution in [3.05, 3.63) is 42.0 Å². The van der Waals surface area contributed by atoms with Crippen LogP contribution in [0, 0.1) is 5.41 Å². The fraction of sp³-hybridized carbons (Fsp3) is 0.368. The maximum absolute atomic E-state index is 11.5. The molecule has 3 aromatic rings. The number of thiophene rings is 1. The summed E-state index contributed by atoms with van der Waals surface area (Å²) in [5.74, 6) is 0.971. The van der Waals surface area contributed by atoms with Gasteiger partial charge in [0.2, 0.25) is 0 Å². The summed E-state index contributed by atoms with van der Waals surface area (Å²) in [6.07, 6.45) is 3.33. The molecule has 1 saturated heterocycles. The van der Waals surface area contributed by atoms with Gasteiger partial charge < -0.3 is 4.90 Å². The fourth-order valence-electron chi connectivity index (χ4n) is 4.51. The molecule has 2 aliphatic rings. The van der Waals surface area contributed by atoms with Crippen LogP contribution in [-0.4, -0.2) is 48.9 Å². The Morgan fingerprint density at radius 2 is 1.93 bits per heavy atom. The molecule has 1 aromatic carbocycles. The van der Waals surface area contributed by atoms with Gasteiger partial charge in [-0.2, -0.15) is 12.7 Å². The van der Waals surface area contributed by atoms with Gasteiger partial charge in [-0.1, -0.05) is 30.3 Å². The van der Waals surface area contributed by atoms with Crippen LogP contribution in [0.15, 0.2) is 42.0 Å². The molecule has 146 valence electrons. The molecule has 0 bridgehead atoms. The molecule has 1 aliphatic heterocycles. The van der Waals surface area contributed by atoms with Gasteiger partial charge in [0.25, 0.3) is 10.2 Å². The van der Waals surface area contributed by atoms with Gasteiger partial charge in [0.1, 0.15) is 17.0 Å². The highest BCUT2D eigenvalue weighted by atomic mass is 32.2. The topological polar surface area (TPSA) is 92.4 Å². The van der Waals surface area contributed by atoms with Crippen LogP contribution in [0.5, 0.6) is 0 Å². The van der Waals surface area contributed by atoms with Crippen molar-refractivity contribution in [3.63, 3.8) is 0 Å². The molecule has 9 heteroatoms. The average Bonchev–Trinajstić information content (AvgIpc) is 3.04. The van der Waals surface area contributed by atoms with E-state index in [9.17, 15) is 8.42 Å². The smallest absolute Gasteiger partial charge is 0.276 e. The SMILES string of the molecule is CN(C1CC2(C1)CN(c1ncnc3scc(-c4ccccc4)c13)C2)S(N)(=O)=O. The molecule has 28 heavy (non-hydrogen) atoms. The van der Waals surface area contributed by atoms with Crippen molar-refractivity contribution in [3.8, 4) is 11.1 Å². The van der Waals surface area contributed by atoms with E-state index in [4.69, 9.17) is 5.14 Å². The second kappa shape index (κ2) is 6.21. The Bertz CT molecular complexity index is 1130. The van der Waals surface area contributed by atoms with Gasteiger partial charge in [0.05, 0.1) is 5.39 Å². The quantitative estimate of drug-likeness (QED) is 0.707. The van der Waals surface area contributed by atoms with Crippen LogP contribution < -0.4 is 10.0 Å². The average molecular weight is 416 g/mol. The largest absolute Gasteiger partial charge is 0.355 e. The minimum atomic E-state index is -3.62. The minimum Gasteiger partial charge on any atom is -0.355 e. The van der Waals surface area contributed by atoms with Crippen LogP contribution in [0.3, 0.4) is 0 Å². The molecule has 5 rings (SSSR count). The van der Waals surface area contributed by atoms with E-state index < -0.39 is 10.2 Å². The van der Waals surface area contributed by atoms with Crippen molar-refractivity contribution in [2.75, 3.05) is 25.0 Å². The Balaban J connectivity index is 1.39. The third-order valence-electron chi connectivity index (χ3n) is 6.04. The molecule has 0 amide bonds. The second-order valence-electron chi connectivity index (χ2n) is 7.87. The number of benzene rings is 1. The monoisotopic (exact) mass is 415 g/mol. The van der Waals surface area contributed by atoms with Crippen LogP contribution in [0.25, 0.3) is 21.3 Å². The Kier molecular flexibility index (Phi) is 3.99. The van der Waals surface area contributed by atoms with E-state index in [0.717, 1.165) is 47.5 Å². The van der Waals surface area contributed by atoms with Crippen LogP contribution in [-0.2, 0) is 10.2 Å². The molecular formula is C19H21N5O2S2. The van der Waals surface area contributed by atoms with Crippen LogP contribution in [0.4, 0.5) is 5.82 Å². The van der Waals surface area contributed by atoms with E-state index in [1.54, 1.807) is 24.7 Å².